The largest absolute Gasteiger partial charge is 0.357 e. The first-order valence-corrected chi connectivity index (χ1v) is 11.6. The summed E-state index contributed by atoms with van der Waals surface area (Å²) >= 11 is 1.68. The monoisotopic (exact) mass is 408 g/mol. The lowest BCUT2D eigenvalue weighted by molar-refractivity contribution is -0.130. The summed E-state index contributed by atoms with van der Waals surface area (Å²) in [7, 11) is 0. The van der Waals surface area contributed by atoms with Crippen molar-refractivity contribution in [3.05, 3.63) is 35.1 Å². The number of halogens is 1. The maximum Gasteiger partial charge on any atom is 0.222 e. The molecule has 28 heavy (non-hydrogen) atoms. The molecule has 1 fully saturated rings. The second kappa shape index (κ2) is 12.6. The summed E-state index contributed by atoms with van der Waals surface area (Å²) in [6, 6.07) is 4.91. The number of rotatable bonds is 9. The third-order valence-electron chi connectivity index (χ3n) is 4.79. The van der Waals surface area contributed by atoms with Crippen molar-refractivity contribution in [1.82, 2.24) is 15.5 Å². The van der Waals surface area contributed by atoms with Crippen LogP contribution >= 0.6 is 11.8 Å². The molecule has 1 amide bonds. The van der Waals surface area contributed by atoms with Gasteiger partial charge in [-0.05, 0) is 55.7 Å². The Kier molecular flexibility index (Phi) is 10.2. The number of benzene rings is 1. The summed E-state index contributed by atoms with van der Waals surface area (Å²) in [6.45, 7) is 5.76. The van der Waals surface area contributed by atoms with Gasteiger partial charge in [0, 0.05) is 38.4 Å². The molecule has 0 spiro atoms. The minimum Gasteiger partial charge on any atom is -0.357 e. The molecule has 0 aromatic heterocycles. The first kappa shape index (κ1) is 22.5. The smallest absolute Gasteiger partial charge is 0.222 e. The molecule has 2 N–H and O–H groups in total. The summed E-state index contributed by atoms with van der Waals surface area (Å²) < 4.78 is 13.5. The average Bonchev–Trinajstić information content (AvgIpc) is 2.88. The molecule has 0 bridgehead atoms. The van der Waals surface area contributed by atoms with Crippen LogP contribution in [0.2, 0.25) is 0 Å². The predicted octanol–water partition coefficient (Wildman–Crippen LogP) is 3.54. The van der Waals surface area contributed by atoms with Gasteiger partial charge in [0.05, 0.1) is 6.54 Å². The molecule has 1 aromatic rings. The maximum atomic E-state index is 13.5. The molecule has 7 heteroatoms. The normalized spacial score (nSPS) is 15.5. The number of nitrogens with zero attached hydrogens (tertiary/aromatic N) is 2. The van der Waals surface area contributed by atoms with E-state index in [9.17, 15) is 9.18 Å². The summed E-state index contributed by atoms with van der Waals surface area (Å²) in [5.41, 5.74) is 2.04. The van der Waals surface area contributed by atoms with Gasteiger partial charge >= 0.3 is 0 Å². The van der Waals surface area contributed by atoms with Crippen LogP contribution in [-0.4, -0.2) is 49.2 Å². The van der Waals surface area contributed by atoms with E-state index in [4.69, 9.17) is 0 Å². The molecule has 1 aliphatic rings. The molecule has 1 aliphatic heterocycles. The number of nitrogens with one attached hydrogen (secondary N) is 2. The standard InChI is InChI=1S/C21H33FN4OS/c1-3-23-21(24-11-7-13-26-12-6-4-5-8-20(26)27)25-15-17-9-10-19(22)14-18(17)16-28-2/h9-10,14H,3-8,11-13,15-16H2,1-2H3,(H2,23,24,25). The molecule has 1 aromatic carbocycles. The van der Waals surface area contributed by atoms with Crippen LogP contribution in [-0.2, 0) is 17.1 Å². The van der Waals surface area contributed by atoms with E-state index < -0.39 is 0 Å². The third kappa shape index (κ3) is 7.70. The van der Waals surface area contributed by atoms with E-state index in [-0.39, 0.29) is 11.7 Å². The molecule has 2 rings (SSSR count). The second-order valence-corrected chi connectivity index (χ2v) is 7.88. The van der Waals surface area contributed by atoms with E-state index >= 15 is 0 Å². The SMILES string of the molecule is CCNC(=NCc1ccc(F)cc1CSC)NCCCN1CCCCCC1=O. The summed E-state index contributed by atoms with van der Waals surface area (Å²) in [4.78, 5) is 18.7. The fraction of sp³-hybridized carbons (Fsp3) is 0.619. The van der Waals surface area contributed by atoms with Gasteiger partial charge < -0.3 is 15.5 Å². The number of carbonyl (C=O) groups is 1. The first-order valence-electron chi connectivity index (χ1n) is 10.2. The molecule has 1 saturated heterocycles. The van der Waals surface area contributed by atoms with Gasteiger partial charge in [-0.15, -0.1) is 0 Å². The zero-order valence-electron chi connectivity index (χ0n) is 17.1. The van der Waals surface area contributed by atoms with Crippen LogP contribution < -0.4 is 10.6 Å². The zero-order valence-corrected chi connectivity index (χ0v) is 17.9. The number of aliphatic imine (C=N–C) groups is 1. The third-order valence-corrected chi connectivity index (χ3v) is 5.39. The van der Waals surface area contributed by atoms with Gasteiger partial charge in [0.15, 0.2) is 5.96 Å². The summed E-state index contributed by atoms with van der Waals surface area (Å²) in [5, 5.41) is 6.60. The number of hydrogen-bond acceptors (Lipinski definition) is 3. The van der Waals surface area contributed by atoms with Gasteiger partial charge in [0.2, 0.25) is 5.91 Å². The number of thioether (sulfide) groups is 1. The summed E-state index contributed by atoms with van der Waals surface area (Å²) in [6.07, 6.45) is 6.88. The molecule has 0 atom stereocenters. The van der Waals surface area contributed by atoms with Gasteiger partial charge in [-0.2, -0.15) is 11.8 Å². The number of guanidine groups is 1. The maximum absolute atomic E-state index is 13.5. The van der Waals surface area contributed by atoms with E-state index in [0.29, 0.717) is 13.0 Å². The fourth-order valence-electron chi connectivity index (χ4n) is 3.30. The molecule has 0 aliphatic carbocycles. The average molecular weight is 409 g/mol. The molecule has 0 radical (unpaired) electrons. The minimum absolute atomic E-state index is 0.204. The first-order chi connectivity index (χ1) is 13.6. The highest BCUT2D eigenvalue weighted by molar-refractivity contribution is 7.97. The highest BCUT2D eigenvalue weighted by Gasteiger charge is 2.15. The number of likely N-dealkylation sites (tertiary alicyclic amines) is 1. The van der Waals surface area contributed by atoms with Crippen LogP contribution in [0.1, 0.15) is 50.2 Å². The second-order valence-electron chi connectivity index (χ2n) is 7.01. The lowest BCUT2D eigenvalue weighted by Gasteiger charge is -2.20. The van der Waals surface area contributed by atoms with Crippen molar-refractivity contribution in [2.24, 2.45) is 4.99 Å². The van der Waals surface area contributed by atoms with Gasteiger partial charge in [-0.25, -0.2) is 9.38 Å². The highest BCUT2D eigenvalue weighted by Crippen LogP contribution is 2.17. The lowest BCUT2D eigenvalue weighted by Crippen LogP contribution is -2.39. The van der Waals surface area contributed by atoms with Gasteiger partial charge in [-0.3, -0.25) is 4.79 Å². The van der Waals surface area contributed by atoms with E-state index in [1.165, 1.54) is 6.07 Å². The zero-order chi connectivity index (χ0) is 20.2. The Balaban J connectivity index is 1.86. The predicted molar refractivity (Wildman–Crippen MR) is 116 cm³/mol. The van der Waals surface area contributed by atoms with Crippen LogP contribution in [0.15, 0.2) is 23.2 Å². The van der Waals surface area contributed by atoms with Crippen molar-refractivity contribution in [2.75, 3.05) is 32.4 Å². The van der Waals surface area contributed by atoms with Crippen LogP contribution in [0.5, 0.6) is 0 Å². The Bertz CT molecular complexity index is 653. The van der Waals surface area contributed by atoms with Crippen LogP contribution in [0.3, 0.4) is 0 Å². The Morgan fingerprint density at radius 2 is 2.11 bits per heavy atom. The van der Waals surface area contributed by atoms with Crippen molar-refractivity contribution in [3.8, 4) is 0 Å². The number of amides is 1. The number of carbonyl (C=O) groups excluding carboxylic acids is 1. The van der Waals surface area contributed by atoms with Crippen molar-refractivity contribution >= 4 is 23.6 Å². The quantitative estimate of drug-likeness (QED) is 0.373. The Labute approximate surface area is 172 Å². The van der Waals surface area contributed by atoms with Gasteiger partial charge in [0.25, 0.3) is 0 Å². The molecule has 0 unspecified atom stereocenters. The fourth-order valence-corrected chi connectivity index (χ4v) is 3.88. The lowest BCUT2D eigenvalue weighted by atomic mass is 10.1. The minimum atomic E-state index is -0.204. The van der Waals surface area contributed by atoms with Crippen molar-refractivity contribution in [1.29, 1.82) is 0 Å². The Morgan fingerprint density at radius 1 is 1.25 bits per heavy atom. The van der Waals surface area contributed by atoms with E-state index in [2.05, 4.69) is 15.6 Å². The van der Waals surface area contributed by atoms with Gasteiger partial charge in [-0.1, -0.05) is 12.5 Å². The molecule has 5 nitrogen and oxygen atoms in total. The topological polar surface area (TPSA) is 56.7 Å². The van der Waals surface area contributed by atoms with Crippen molar-refractivity contribution < 1.29 is 9.18 Å². The Hall–Kier alpha value is -1.76. The van der Waals surface area contributed by atoms with E-state index in [1.807, 2.05) is 24.1 Å². The van der Waals surface area contributed by atoms with Crippen LogP contribution in [0, 0.1) is 5.82 Å². The Morgan fingerprint density at radius 3 is 2.89 bits per heavy atom. The number of hydrogen-bond donors (Lipinski definition) is 2. The summed E-state index contributed by atoms with van der Waals surface area (Å²) in [5.74, 6) is 1.61. The molecular formula is C21H33FN4OS. The van der Waals surface area contributed by atoms with Gasteiger partial charge in [0.1, 0.15) is 5.82 Å². The molecular weight excluding hydrogens is 375 g/mol. The molecule has 156 valence electrons. The van der Waals surface area contributed by atoms with E-state index in [1.54, 1.807) is 17.8 Å². The highest BCUT2D eigenvalue weighted by atomic mass is 32.2. The van der Waals surface area contributed by atoms with Crippen LogP contribution in [0.4, 0.5) is 4.39 Å². The van der Waals surface area contributed by atoms with E-state index in [0.717, 1.165) is 74.7 Å². The van der Waals surface area contributed by atoms with Crippen LogP contribution in [0.25, 0.3) is 0 Å². The van der Waals surface area contributed by atoms with Crippen molar-refractivity contribution in [2.45, 2.75) is 51.3 Å². The molecule has 0 saturated carbocycles. The van der Waals surface area contributed by atoms with Crippen molar-refractivity contribution in [3.63, 3.8) is 0 Å². The molecule has 1 heterocycles.